The number of phenolic OH excluding ortho intramolecular Hbond substituents is 1. The minimum absolute atomic E-state index is 0.118. The van der Waals surface area contributed by atoms with Crippen molar-refractivity contribution in [2.45, 2.75) is 56.7 Å². The molecule has 35 heavy (non-hydrogen) atoms. The van der Waals surface area contributed by atoms with E-state index in [-0.39, 0.29) is 17.7 Å². The predicted octanol–water partition coefficient (Wildman–Crippen LogP) is 4.73. The Balaban J connectivity index is 1.40. The Morgan fingerprint density at radius 1 is 1.20 bits per heavy atom. The van der Waals surface area contributed by atoms with Gasteiger partial charge in [0.1, 0.15) is 17.3 Å². The second-order valence-electron chi connectivity index (χ2n) is 10.2. The Kier molecular flexibility index (Phi) is 5.31. The summed E-state index contributed by atoms with van der Waals surface area (Å²) in [7, 11) is 0. The van der Waals surface area contributed by atoms with E-state index in [2.05, 4.69) is 10.3 Å². The average molecular weight is 493 g/mol. The molecule has 2 atom stereocenters. The predicted molar refractivity (Wildman–Crippen MR) is 135 cm³/mol. The molecule has 0 radical (unpaired) electrons. The third-order valence-corrected chi connectivity index (χ3v) is 8.15. The number of carbonyl (C=O) groups excluding carboxylic acids is 2. The van der Waals surface area contributed by atoms with Gasteiger partial charge < -0.3 is 15.4 Å². The molecular formula is C27H29ClN4O3. The largest absolute Gasteiger partial charge is 0.508 e. The molecule has 1 aliphatic carbocycles. The van der Waals surface area contributed by atoms with Gasteiger partial charge in [0.15, 0.2) is 0 Å². The van der Waals surface area contributed by atoms with Crippen molar-refractivity contribution in [3.8, 4) is 5.75 Å². The van der Waals surface area contributed by atoms with Gasteiger partial charge in [0.2, 0.25) is 0 Å². The quantitative estimate of drug-likeness (QED) is 0.343. The van der Waals surface area contributed by atoms with Gasteiger partial charge in [0.05, 0.1) is 0 Å². The number of halogens is 1. The number of carbonyl (C=O) groups is 2. The molecule has 3 heterocycles. The fourth-order valence-electron chi connectivity index (χ4n) is 5.88. The molecule has 3 aromatic rings. The standard InChI is InChI=1S/C27H29ClN4O3/c1-27-15-21-20-14-17(28)9-10-22(20)30-23(21)24(16-5-2-8-19(33)13-16)32(27)26(35)31(25(27)34)12-4-11-29-18-6-3-7-18/h2,5,8-10,13-14,18,24,29-30,33H,3-4,6-7,11-12,15H2,1H3. The van der Waals surface area contributed by atoms with Crippen LogP contribution in [0.2, 0.25) is 5.02 Å². The van der Waals surface area contributed by atoms with E-state index in [1.54, 1.807) is 23.1 Å². The van der Waals surface area contributed by atoms with Crippen LogP contribution in [0.3, 0.4) is 0 Å². The highest BCUT2D eigenvalue weighted by Gasteiger charge is 2.60. The Morgan fingerprint density at radius 2 is 2.03 bits per heavy atom. The summed E-state index contributed by atoms with van der Waals surface area (Å²) >= 11 is 6.33. The third kappa shape index (κ3) is 3.52. The van der Waals surface area contributed by atoms with E-state index in [4.69, 9.17) is 11.6 Å². The highest BCUT2D eigenvalue weighted by molar-refractivity contribution is 6.31. The molecule has 1 saturated carbocycles. The maximum atomic E-state index is 13.8. The van der Waals surface area contributed by atoms with Crippen molar-refractivity contribution in [1.82, 2.24) is 20.1 Å². The smallest absolute Gasteiger partial charge is 0.328 e. The van der Waals surface area contributed by atoms with Crippen LogP contribution in [-0.4, -0.2) is 56.5 Å². The van der Waals surface area contributed by atoms with Crippen molar-refractivity contribution in [3.05, 3.63) is 64.3 Å². The first kappa shape index (κ1) is 22.4. The molecule has 2 fully saturated rings. The lowest BCUT2D eigenvalue weighted by atomic mass is 9.81. The first-order valence-corrected chi connectivity index (χ1v) is 12.7. The number of H-pyrrole nitrogens is 1. The average Bonchev–Trinajstić information content (AvgIpc) is 3.23. The van der Waals surface area contributed by atoms with Gasteiger partial charge in [-0.25, -0.2) is 4.79 Å². The normalized spacial score (nSPS) is 24.1. The molecule has 1 saturated heterocycles. The summed E-state index contributed by atoms with van der Waals surface area (Å²) in [5, 5.41) is 15.3. The summed E-state index contributed by atoms with van der Waals surface area (Å²) in [5.74, 6) is -0.0503. The Morgan fingerprint density at radius 3 is 2.77 bits per heavy atom. The summed E-state index contributed by atoms with van der Waals surface area (Å²) < 4.78 is 0. The van der Waals surface area contributed by atoms with E-state index < -0.39 is 11.6 Å². The third-order valence-electron chi connectivity index (χ3n) is 7.91. The lowest BCUT2D eigenvalue weighted by Gasteiger charge is -2.42. The number of aromatic amines is 1. The van der Waals surface area contributed by atoms with Crippen LogP contribution in [0.5, 0.6) is 5.75 Å². The van der Waals surface area contributed by atoms with Crippen LogP contribution in [0.1, 0.15) is 55.5 Å². The van der Waals surface area contributed by atoms with Gasteiger partial charge in [-0.1, -0.05) is 30.2 Å². The monoisotopic (exact) mass is 492 g/mol. The molecule has 1 aromatic heterocycles. The van der Waals surface area contributed by atoms with Crippen molar-refractivity contribution in [3.63, 3.8) is 0 Å². The number of nitrogens with zero attached hydrogens (tertiary/aromatic N) is 2. The highest BCUT2D eigenvalue weighted by Crippen LogP contribution is 2.49. The number of urea groups is 1. The molecule has 2 aliphatic heterocycles. The number of aromatic nitrogens is 1. The van der Waals surface area contributed by atoms with Crippen molar-refractivity contribution in [2.24, 2.45) is 0 Å². The summed E-state index contributed by atoms with van der Waals surface area (Å²) in [6.07, 6.45) is 4.80. The molecular weight excluding hydrogens is 464 g/mol. The molecule has 8 heteroatoms. The van der Waals surface area contributed by atoms with Crippen molar-refractivity contribution in [1.29, 1.82) is 0 Å². The van der Waals surface area contributed by atoms with Crippen molar-refractivity contribution >= 4 is 34.4 Å². The zero-order chi connectivity index (χ0) is 24.3. The molecule has 0 bridgehead atoms. The van der Waals surface area contributed by atoms with Crippen LogP contribution in [0.15, 0.2) is 42.5 Å². The fraction of sp³-hybridized carbons (Fsp3) is 0.407. The van der Waals surface area contributed by atoms with Gasteiger partial charge >= 0.3 is 6.03 Å². The molecule has 7 nitrogen and oxygen atoms in total. The van der Waals surface area contributed by atoms with Gasteiger partial charge in [-0.2, -0.15) is 0 Å². The number of rotatable bonds is 6. The van der Waals surface area contributed by atoms with Crippen LogP contribution in [0.25, 0.3) is 10.9 Å². The molecule has 3 N–H and O–H groups in total. The zero-order valence-electron chi connectivity index (χ0n) is 19.7. The van der Waals surface area contributed by atoms with Crippen molar-refractivity contribution < 1.29 is 14.7 Å². The van der Waals surface area contributed by atoms with Crippen LogP contribution < -0.4 is 5.32 Å². The molecule has 2 unspecified atom stereocenters. The number of benzene rings is 2. The lowest BCUT2D eigenvalue weighted by molar-refractivity contribution is -0.133. The molecule has 2 aromatic carbocycles. The molecule has 0 spiro atoms. The SMILES string of the molecule is CC12Cc3c([nH]c4ccc(Cl)cc34)C(c3cccc(O)c3)N1C(=O)N(CCCNC1CCC1)C2=O. The van der Waals surface area contributed by atoms with E-state index in [1.165, 1.54) is 24.2 Å². The fourth-order valence-corrected chi connectivity index (χ4v) is 6.05. The minimum Gasteiger partial charge on any atom is -0.508 e. The molecule has 182 valence electrons. The summed E-state index contributed by atoms with van der Waals surface area (Å²) in [6, 6.07) is 12.4. The number of hydrogen-bond donors (Lipinski definition) is 3. The highest BCUT2D eigenvalue weighted by atomic mass is 35.5. The van der Waals surface area contributed by atoms with Gasteiger partial charge in [-0.05, 0) is 74.2 Å². The summed E-state index contributed by atoms with van der Waals surface area (Å²) in [4.78, 5) is 34.2. The van der Waals surface area contributed by atoms with Gasteiger partial charge in [0.25, 0.3) is 5.91 Å². The van der Waals surface area contributed by atoms with Crippen LogP contribution in [0.4, 0.5) is 4.79 Å². The Bertz CT molecular complexity index is 1330. The first-order valence-electron chi connectivity index (χ1n) is 12.3. The minimum atomic E-state index is -1.03. The van der Waals surface area contributed by atoms with Gasteiger partial charge in [-0.15, -0.1) is 0 Å². The maximum Gasteiger partial charge on any atom is 0.328 e. The van der Waals surface area contributed by atoms with Crippen LogP contribution in [0, 0.1) is 0 Å². The van der Waals surface area contributed by atoms with Crippen LogP contribution >= 0.6 is 11.6 Å². The number of phenols is 1. The molecule has 6 rings (SSSR count). The first-order chi connectivity index (χ1) is 16.9. The summed E-state index contributed by atoms with van der Waals surface area (Å²) in [5.41, 5.74) is 2.49. The zero-order valence-corrected chi connectivity index (χ0v) is 20.4. The summed E-state index contributed by atoms with van der Waals surface area (Å²) in [6.45, 7) is 3.04. The van der Waals surface area contributed by atoms with E-state index in [0.29, 0.717) is 24.0 Å². The van der Waals surface area contributed by atoms with Crippen LogP contribution in [-0.2, 0) is 11.2 Å². The number of nitrogens with one attached hydrogen (secondary N) is 2. The Labute approximate surface area is 209 Å². The number of hydrogen-bond acceptors (Lipinski definition) is 4. The van der Waals surface area contributed by atoms with E-state index >= 15 is 0 Å². The Hall–Kier alpha value is -3.03. The molecule has 3 amide bonds. The lowest BCUT2D eigenvalue weighted by Crippen LogP contribution is -2.53. The second kappa shape index (κ2) is 8.28. The van der Waals surface area contributed by atoms with E-state index in [1.807, 2.05) is 31.2 Å². The maximum absolute atomic E-state index is 13.8. The number of aromatic hydroxyl groups is 1. The van der Waals surface area contributed by atoms with Gasteiger partial charge in [-0.3, -0.25) is 14.6 Å². The van der Waals surface area contributed by atoms with E-state index in [0.717, 1.165) is 40.7 Å². The second-order valence-corrected chi connectivity index (χ2v) is 10.6. The van der Waals surface area contributed by atoms with E-state index in [9.17, 15) is 14.7 Å². The molecule has 3 aliphatic rings. The number of fused-ring (bicyclic) bond motifs is 4. The topological polar surface area (TPSA) is 88.7 Å². The number of imide groups is 1. The number of amides is 3. The van der Waals surface area contributed by atoms with Gasteiger partial charge in [0, 0.05) is 40.6 Å². The van der Waals surface area contributed by atoms with Crippen molar-refractivity contribution in [2.75, 3.05) is 13.1 Å².